The smallest absolute Gasteiger partial charge is 0.181 e. The lowest BCUT2D eigenvalue weighted by Crippen LogP contribution is -2.39. The van der Waals surface area contributed by atoms with Crippen LogP contribution in [0.4, 0.5) is 0 Å². The monoisotopic (exact) mass is 577 g/mol. The van der Waals surface area contributed by atoms with Crippen molar-refractivity contribution in [1.82, 2.24) is 4.98 Å². The van der Waals surface area contributed by atoms with E-state index in [0.717, 1.165) is 68.3 Å². The standard InChI is InChI=1S/C33H59NO3SSi/c1-12-39(32(7,8)9)37-21-15-20-33(10,11)31(36)27(5)30(35)26(4)19-14-17-24(2)16-13-18-25(3)22-29-23-38-28(6)34-29/h16,22-23,26-27,30,35,39H,12-15,17-21H2,1-11H3/b24-16+,25-22+/t26-,27+,30-,39?/m0/s1. The molecule has 0 spiro atoms. The van der Waals surface area contributed by atoms with Gasteiger partial charge in [-0.1, -0.05) is 72.6 Å². The predicted octanol–water partition coefficient (Wildman–Crippen LogP) is 9.32. The predicted molar refractivity (Wildman–Crippen MR) is 173 cm³/mol. The third-order valence-electron chi connectivity index (χ3n) is 8.07. The highest BCUT2D eigenvalue weighted by Gasteiger charge is 2.36. The van der Waals surface area contributed by atoms with Gasteiger partial charge in [-0.3, -0.25) is 4.79 Å². The molecule has 0 aliphatic rings. The first-order valence-corrected chi connectivity index (χ1v) is 17.9. The van der Waals surface area contributed by atoms with Crippen molar-refractivity contribution in [3.8, 4) is 0 Å². The van der Waals surface area contributed by atoms with Crippen molar-refractivity contribution in [2.75, 3.05) is 6.61 Å². The number of carbonyl (C=O) groups excluding carboxylic acids is 1. The number of carbonyl (C=O) groups is 1. The topological polar surface area (TPSA) is 59.4 Å². The van der Waals surface area contributed by atoms with Crippen LogP contribution in [0.5, 0.6) is 0 Å². The van der Waals surface area contributed by atoms with Gasteiger partial charge in [0.15, 0.2) is 9.04 Å². The zero-order chi connectivity index (χ0) is 29.8. The highest BCUT2D eigenvalue weighted by Crippen LogP contribution is 2.33. The van der Waals surface area contributed by atoms with Gasteiger partial charge in [-0.05, 0) is 88.8 Å². The van der Waals surface area contributed by atoms with Crippen LogP contribution in [-0.2, 0) is 9.22 Å². The fraction of sp³-hybridized carbons (Fsp3) is 0.758. The Morgan fingerprint density at radius 2 is 1.79 bits per heavy atom. The maximum atomic E-state index is 13.3. The number of thiazole rings is 1. The summed E-state index contributed by atoms with van der Waals surface area (Å²) in [7, 11) is -1.24. The van der Waals surface area contributed by atoms with Crippen LogP contribution in [0, 0.1) is 24.2 Å². The van der Waals surface area contributed by atoms with Crippen molar-refractivity contribution in [3.05, 3.63) is 33.3 Å². The Kier molecular flexibility index (Phi) is 15.7. The van der Waals surface area contributed by atoms with Gasteiger partial charge in [-0.2, -0.15) is 0 Å². The fourth-order valence-corrected chi connectivity index (χ4v) is 8.38. The number of aliphatic hydroxyl groups excluding tert-OH is 1. The Labute approximate surface area is 246 Å². The van der Waals surface area contributed by atoms with Crippen LogP contribution in [0.2, 0.25) is 11.1 Å². The molecule has 0 fully saturated rings. The first-order valence-electron chi connectivity index (χ1n) is 15.2. The summed E-state index contributed by atoms with van der Waals surface area (Å²) in [5, 5.41) is 14.5. The maximum absolute atomic E-state index is 13.3. The number of rotatable bonds is 18. The molecule has 1 aromatic heterocycles. The van der Waals surface area contributed by atoms with Gasteiger partial charge < -0.3 is 9.53 Å². The van der Waals surface area contributed by atoms with Crippen molar-refractivity contribution in [2.45, 2.75) is 138 Å². The van der Waals surface area contributed by atoms with Gasteiger partial charge in [0, 0.05) is 23.3 Å². The van der Waals surface area contributed by atoms with Crippen molar-refractivity contribution >= 4 is 32.2 Å². The van der Waals surface area contributed by atoms with Crippen LogP contribution in [-0.4, -0.2) is 37.6 Å². The zero-order valence-electron chi connectivity index (χ0n) is 27.0. The number of ketones is 1. The number of Topliss-reactive ketones (excluding diaryl/α,β-unsaturated/α-hetero) is 1. The summed E-state index contributed by atoms with van der Waals surface area (Å²) in [6.07, 6.45) is 10.7. The van der Waals surface area contributed by atoms with E-state index in [9.17, 15) is 9.90 Å². The molecule has 0 amide bonds. The average Bonchev–Trinajstić information content (AvgIpc) is 3.25. The molecular weight excluding hydrogens is 519 g/mol. The van der Waals surface area contributed by atoms with E-state index in [2.05, 4.69) is 71.0 Å². The lowest BCUT2D eigenvalue weighted by atomic mass is 9.74. The minimum atomic E-state index is -1.24. The molecule has 1 heterocycles. The Morgan fingerprint density at radius 3 is 2.36 bits per heavy atom. The molecule has 0 saturated carbocycles. The molecule has 0 saturated heterocycles. The summed E-state index contributed by atoms with van der Waals surface area (Å²) in [5.74, 6) is -0.0730. The molecule has 39 heavy (non-hydrogen) atoms. The summed E-state index contributed by atoms with van der Waals surface area (Å²) in [6.45, 7) is 24.3. The quantitative estimate of drug-likeness (QED) is 0.107. The van der Waals surface area contributed by atoms with Crippen molar-refractivity contribution < 1.29 is 14.3 Å². The molecule has 1 rings (SSSR count). The highest BCUT2D eigenvalue weighted by atomic mass is 32.1. The average molecular weight is 578 g/mol. The van der Waals surface area contributed by atoms with Gasteiger partial charge in [0.25, 0.3) is 0 Å². The lowest BCUT2D eigenvalue weighted by Gasteiger charge is -2.32. The summed E-state index contributed by atoms with van der Waals surface area (Å²) in [6, 6.07) is 1.13. The molecule has 1 unspecified atom stereocenters. The number of nitrogens with zero attached hydrogens (tertiary/aromatic N) is 1. The van der Waals surface area contributed by atoms with E-state index in [1.807, 2.05) is 27.7 Å². The minimum absolute atomic E-state index is 0.103. The lowest BCUT2D eigenvalue weighted by molar-refractivity contribution is -0.136. The molecule has 0 aliphatic carbocycles. The normalized spacial score (nSPS) is 16.7. The van der Waals surface area contributed by atoms with E-state index in [1.54, 1.807) is 11.3 Å². The number of hydrogen-bond donors (Lipinski definition) is 1. The minimum Gasteiger partial charge on any atom is -0.420 e. The van der Waals surface area contributed by atoms with Crippen LogP contribution in [0.3, 0.4) is 0 Å². The van der Waals surface area contributed by atoms with Gasteiger partial charge in [0.1, 0.15) is 5.78 Å². The van der Waals surface area contributed by atoms with E-state index in [0.29, 0.717) is 0 Å². The Bertz CT molecular complexity index is 928. The largest absolute Gasteiger partial charge is 0.420 e. The van der Waals surface area contributed by atoms with E-state index < -0.39 is 20.6 Å². The summed E-state index contributed by atoms with van der Waals surface area (Å²) in [4.78, 5) is 17.8. The van der Waals surface area contributed by atoms with Crippen LogP contribution < -0.4 is 0 Å². The van der Waals surface area contributed by atoms with Gasteiger partial charge in [-0.25, -0.2) is 4.98 Å². The fourth-order valence-electron chi connectivity index (χ4n) is 5.40. The van der Waals surface area contributed by atoms with Gasteiger partial charge in [0.2, 0.25) is 0 Å². The van der Waals surface area contributed by atoms with E-state index >= 15 is 0 Å². The molecule has 0 aliphatic heterocycles. The van der Waals surface area contributed by atoms with Crippen LogP contribution in [0.25, 0.3) is 6.08 Å². The zero-order valence-corrected chi connectivity index (χ0v) is 29.0. The number of aryl methyl sites for hydroxylation is 1. The molecule has 0 aromatic carbocycles. The number of hydrogen-bond acceptors (Lipinski definition) is 5. The second-order valence-electron chi connectivity index (χ2n) is 13.5. The molecule has 4 nitrogen and oxygen atoms in total. The summed E-state index contributed by atoms with van der Waals surface area (Å²) < 4.78 is 6.27. The molecule has 4 atom stereocenters. The van der Waals surface area contributed by atoms with Crippen LogP contribution in [0.15, 0.2) is 22.6 Å². The Morgan fingerprint density at radius 1 is 1.13 bits per heavy atom. The van der Waals surface area contributed by atoms with Crippen LogP contribution in [0.1, 0.15) is 125 Å². The molecule has 0 bridgehead atoms. The second kappa shape index (κ2) is 17.0. The second-order valence-corrected chi connectivity index (χ2v) is 18.4. The first-order chi connectivity index (χ1) is 18.1. The highest BCUT2D eigenvalue weighted by molar-refractivity contribution is 7.09. The SMILES string of the molecule is CC[SiH](OCCCC(C)(C)C(=O)[C@H](C)[C@@H](O)[C@@H](C)CCC/C(C)=C/CC/C(C)=C/c1csc(C)n1)C(C)(C)C. The van der Waals surface area contributed by atoms with E-state index in [1.165, 1.54) is 11.1 Å². The third-order valence-corrected chi connectivity index (χ3v) is 12.2. The molecule has 1 aromatic rings. The molecular formula is C33H59NO3SSi. The summed E-state index contributed by atoms with van der Waals surface area (Å²) >= 11 is 1.69. The maximum Gasteiger partial charge on any atom is 0.181 e. The first kappa shape index (κ1) is 35.9. The Balaban J connectivity index is 2.43. The van der Waals surface area contributed by atoms with E-state index in [4.69, 9.17) is 4.43 Å². The Hall–Kier alpha value is -1.08. The number of allylic oxidation sites excluding steroid dienone is 3. The molecule has 6 heteroatoms. The van der Waals surface area contributed by atoms with Crippen molar-refractivity contribution in [1.29, 1.82) is 0 Å². The number of aromatic nitrogens is 1. The molecule has 0 radical (unpaired) electrons. The van der Waals surface area contributed by atoms with Crippen molar-refractivity contribution in [2.24, 2.45) is 17.3 Å². The van der Waals surface area contributed by atoms with Gasteiger partial charge in [0.05, 0.1) is 16.8 Å². The van der Waals surface area contributed by atoms with Gasteiger partial charge in [-0.15, -0.1) is 11.3 Å². The number of aliphatic hydroxyl groups is 1. The van der Waals surface area contributed by atoms with Crippen molar-refractivity contribution in [3.63, 3.8) is 0 Å². The van der Waals surface area contributed by atoms with E-state index in [-0.39, 0.29) is 22.7 Å². The molecule has 224 valence electrons. The summed E-state index contributed by atoms with van der Waals surface area (Å²) in [5.41, 5.74) is 3.38. The third kappa shape index (κ3) is 13.4. The van der Waals surface area contributed by atoms with Crippen LogP contribution >= 0.6 is 11.3 Å². The molecule has 1 N–H and O–H groups in total. The van der Waals surface area contributed by atoms with Gasteiger partial charge >= 0.3 is 0 Å².